The van der Waals surface area contributed by atoms with E-state index in [4.69, 9.17) is 9.15 Å². The number of nitrogens with zero attached hydrogens (tertiary/aromatic N) is 1. The van der Waals surface area contributed by atoms with Crippen molar-refractivity contribution >= 4 is 11.7 Å². The van der Waals surface area contributed by atoms with Crippen LogP contribution in [0.15, 0.2) is 22.8 Å². The van der Waals surface area contributed by atoms with Crippen LogP contribution in [0.5, 0.6) is 0 Å². The van der Waals surface area contributed by atoms with Gasteiger partial charge in [0.05, 0.1) is 6.26 Å². The van der Waals surface area contributed by atoms with Crippen LogP contribution in [0.25, 0.3) is 0 Å². The molecule has 1 unspecified atom stereocenters. The number of likely N-dealkylation sites (tertiary alicyclic amines) is 1. The van der Waals surface area contributed by atoms with Gasteiger partial charge in [-0.25, -0.2) is 0 Å². The van der Waals surface area contributed by atoms with Crippen LogP contribution in [0, 0.1) is 5.92 Å². The minimum Gasteiger partial charge on any atom is -0.461 e. The molecule has 0 bridgehead atoms. The third kappa shape index (κ3) is 3.56. The number of carbonyl (C=O) groups excluding carboxylic acids is 2. The van der Waals surface area contributed by atoms with Gasteiger partial charge in [0.15, 0.2) is 5.76 Å². The monoisotopic (exact) mass is 306 g/mol. The molecule has 6 heteroatoms. The smallest absolute Gasteiger partial charge is 0.295 e. The quantitative estimate of drug-likeness (QED) is 0.651. The van der Waals surface area contributed by atoms with Gasteiger partial charge in [0.1, 0.15) is 0 Å². The molecule has 0 saturated carbocycles. The SMILES string of the molecule is O=C(NCC1CCN(C2CCOCC2)C1)C(=O)c1ccco1. The van der Waals surface area contributed by atoms with E-state index >= 15 is 0 Å². The third-order valence-corrected chi connectivity index (χ3v) is 4.53. The Labute approximate surface area is 129 Å². The molecule has 2 saturated heterocycles. The summed E-state index contributed by atoms with van der Waals surface area (Å²) in [7, 11) is 0. The van der Waals surface area contributed by atoms with Crippen LogP contribution in [0.3, 0.4) is 0 Å². The Kier molecular flexibility index (Phi) is 4.90. The van der Waals surface area contributed by atoms with Crippen molar-refractivity contribution in [2.24, 2.45) is 5.92 Å². The van der Waals surface area contributed by atoms with Gasteiger partial charge in [0.2, 0.25) is 0 Å². The largest absolute Gasteiger partial charge is 0.461 e. The maximum atomic E-state index is 11.8. The van der Waals surface area contributed by atoms with Crippen LogP contribution >= 0.6 is 0 Å². The number of ketones is 1. The highest BCUT2D eigenvalue weighted by Gasteiger charge is 2.30. The summed E-state index contributed by atoms with van der Waals surface area (Å²) < 4.78 is 10.4. The molecular formula is C16H22N2O4. The van der Waals surface area contributed by atoms with E-state index in [1.54, 1.807) is 6.07 Å². The standard InChI is InChI=1S/C16H22N2O4/c19-15(14-2-1-7-22-14)16(20)17-10-12-3-6-18(11-12)13-4-8-21-9-5-13/h1-2,7,12-13H,3-6,8-11H2,(H,17,20). The van der Waals surface area contributed by atoms with Crippen molar-refractivity contribution in [1.82, 2.24) is 10.2 Å². The molecule has 0 aromatic carbocycles. The lowest BCUT2D eigenvalue weighted by Crippen LogP contribution is -2.39. The number of rotatable bonds is 5. The lowest BCUT2D eigenvalue weighted by Gasteiger charge is -2.31. The van der Waals surface area contributed by atoms with Crippen LogP contribution in [0.1, 0.15) is 29.8 Å². The molecular weight excluding hydrogens is 284 g/mol. The van der Waals surface area contributed by atoms with Crippen LogP contribution in [-0.4, -0.2) is 55.5 Å². The van der Waals surface area contributed by atoms with Gasteiger partial charge in [0.25, 0.3) is 11.7 Å². The fourth-order valence-electron chi connectivity index (χ4n) is 3.25. The summed E-state index contributed by atoms with van der Waals surface area (Å²) in [5.41, 5.74) is 0. The topological polar surface area (TPSA) is 71.8 Å². The molecule has 1 aromatic rings. The Bertz CT molecular complexity index is 508. The fourth-order valence-corrected chi connectivity index (χ4v) is 3.25. The molecule has 2 aliphatic heterocycles. The van der Waals surface area contributed by atoms with E-state index in [0.717, 1.165) is 45.6 Å². The first-order valence-corrected chi connectivity index (χ1v) is 7.92. The first-order valence-electron chi connectivity index (χ1n) is 7.92. The molecule has 2 aliphatic rings. The van der Waals surface area contributed by atoms with Crippen LogP contribution in [-0.2, 0) is 9.53 Å². The summed E-state index contributed by atoms with van der Waals surface area (Å²) >= 11 is 0. The summed E-state index contributed by atoms with van der Waals surface area (Å²) in [6, 6.07) is 3.72. The average Bonchev–Trinajstić information content (AvgIpc) is 3.24. The molecule has 1 atom stereocenters. The van der Waals surface area contributed by atoms with Gasteiger partial charge in [-0.05, 0) is 43.9 Å². The molecule has 1 N–H and O–H groups in total. The van der Waals surface area contributed by atoms with Crippen molar-refractivity contribution < 1.29 is 18.7 Å². The highest BCUT2D eigenvalue weighted by molar-refractivity contribution is 6.42. The number of hydrogen-bond donors (Lipinski definition) is 1. The summed E-state index contributed by atoms with van der Waals surface area (Å²) in [6.07, 6.45) is 4.64. The van der Waals surface area contributed by atoms with E-state index in [2.05, 4.69) is 10.2 Å². The number of Topliss-reactive ketones (excluding diaryl/α,β-unsaturated/α-hetero) is 1. The van der Waals surface area contributed by atoms with Gasteiger partial charge in [0, 0.05) is 32.3 Å². The Morgan fingerprint density at radius 2 is 2.09 bits per heavy atom. The van der Waals surface area contributed by atoms with Crippen molar-refractivity contribution in [3.8, 4) is 0 Å². The molecule has 0 spiro atoms. The molecule has 1 amide bonds. The molecule has 2 fully saturated rings. The maximum absolute atomic E-state index is 11.8. The minimum absolute atomic E-state index is 0.0905. The van der Waals surface area contributed by atoms with E-state index in [1.165, 1.54) is 12.3 Å². The number of carbonyl (C=O) groups is 2. The maximum Gasteiger partial charge on any atom is 0.295 e. The predicted molar refractivity (Wildman–Crippen MR) is 79.6 cm³/mol. The van der Waals surface area contributed by atoms with Crippen molar-refractivity contribution in [2.45, 2.75) is 25.3 Å². The number of nitrogens with one attached hydrogen (secondary N) is 1. The Morgan fingerprint density at radius 1 is 1.27 bits per heavy atom. The Morgan fingerprint density at radius 3 is 2.82 bits per heavy atom. The second-order valence-corrected chi connectivity index (χ2v) is 6.01. The molecule has 6 nitrogen and oxygen atoms in total. The summed E-state index contributed by atoms with van der Waals surface area (Å²) in [5.74, 6) is -0.687. The predicted octanol–water partition coefficient (Wildman–Crippen LogP) is 1.08. The number of furan rings is 1. The molecule has 3 heterocycles. The third-order valence-electron chi connectivity index (χ3n) is 4.53. The van der Waals surface area contributed by atoms with Gasteiger partial charge < -0.3 is 14.5 Å². The van der Waals surface area contributed by atoms with E-state index in [-0.39, 0.29) is 5.76 Å². The van der Waals surface area contributed by atoms with Crippen molar-refractivity contribution in [1.29, 1.82) is 0 Å². The fraction of sp³-hybridized carbons (Fsp3) is 0.625. The number of ether oxygens (including phenoxy) is 1. The van der Waals surface area contributed by atoms with Gasteiger partial charge in [-0.15, -0.1) is 0 Å². The summed E-state index contributed by atoms with van der Waals surface area (Å²) in [6.45, 7) is 4.29. The highest BCUT2D eigenvalue weighted by atomic mass is 16.5. The van der Waals surface area contributed by atoms with Gasteiger partial charge in [-0.3, -0.25) is 14.5 Å². The molecule has 22 heavy (non-hydrogen) atoms. The summed E-state index contributed by atoms with van der Waals surface area (Å²) in [5, 5.41) is 2.74. The zero-order valence-corrected chi connectivity index (χ0v) is 12.6. The minimum atomic E-state index is -0.607. The second kappa shape index (κ2) is 7.07. The van der Waals surface area contributed by atoms with E-state index in [0.29, 0.717) is 18.5 Å². The van der Waals surface area contributed by atoms with E-state index in [9.17, 15) is 9.59 Å². The lowest BCUT2D eigenvalue weighted by atomic mass is 10.1. The second-order valence-electron chi connectivity index (χ2n) is 6.01. The average molecular weight is 306 g/mol. The van der Waals surface area contributed by atoms with E-state index < -0.39 is 11.7 Å². The van der Waals surface area contributed by atoms with Crippen molar-refractivity contribution in [3.05, 3.63) is 24.2 Å². The van der Waals surface area contributed by atoms with Gasteiger partial charge in [-0.2, -0.15) is 0 Å². The van der Waals surface area contributed by atoms with Crippen LogP contribution in [0.2, 0.25) is 0 Å². The summed E-state index contributed by atoms with van der Waals surface area (Å²) in [4.78, 5) is 26.1. The Hall–Kier alpha value is -1.66. The van der Waals surface area contributed by atoms with Gasteiger partial charge >= 0.3 is 0 Å². The Balaban J connectivity index is 1.42. The number of hydrogen-bond acceptors (Lipinski definition) is 5. The first kappa shape index (κ1) is 15.2. The highest BCUT2D eigenvalue weighted by Crippen LogP contribution is 2.23. The zero-order valence-electron chi connectivity index (χ0n) is 12.6. The van der Waals surface area contributed by atoms with E-state index in [1.807, 2.05) is 0 Å². The molecule has 120 valence electrons. The lowest BCUT2D eigenvalue weighted by molar-refractivity contribution is -0.117. The van der Waals surface area contributed by atoms with Gasteiger partial charge in [-0.1, -0.05) is 0 Å². The normalized spacial score (nSPS) is 23.5. The first-order chi connectivity index (χ1) is 10.7. The number of amides is 1. The van der Waals surface area contributed by atoms with Crippen LogP contribution in [0.4, 0.5) is 0 Å². The van der Waals surface area contributed by atoms with Crippen molar-refractivity contribution in [3.63, 3.8) is 0 Å². The molecule has 0 aliphatic carbocycles. The molecule has 3 rings (SSSR count). The molecule has 0 radical (unpaired) electrons. The zero-order chi connectivity index (χ0) is 15.4. The van der Waals surface area contributed by atoms with Crippen molar-refractivity contribution in [2.75, 3.05) is 32.8 Å². The van der Waals surface area contributed by atoms with Crippen LogP contribution < -0.4 is 5.32 Å². The molecule has 1 aromatic heterocycles.